The van der Waals surface area contributed by atoms with Crippen molar-refractivity contribution in [2.24, 2.45) is 5.73 Å². The van der Waals surface area contributed by atoms with Crippen LogP contribution in [0.3, 0.4) is 0 Å². The first kappa shape index (κ1) is 13.4. The number of hydrogen-bond acceptors (Lipinski definition) is 4. The Balaban J connectivity index is 2.45. The molecular formula is C14H16FN3O. The van der Waals surface area contributed by atoms with Crippen LogP contribution in [0.15, 0.2) is 24.4 Å². The highest BCUT2D eigenvalue weighted by atomic mass is 19.1. The fourth-order valence-corrected chi connectivity index (χ4v) is 1.86. The number of benzene rings is 1. The van der Waals surface area contributed by atoms with E-state index in [4.69, 9.17) is 10.5 Å². The van der Waals surface area contributed by atoms with E-state index in [1.807, 2.05) is 13.8 Å². The minimum atomic E-state index is -0.407. The Kier molecular flexibility index (Phi) is 3.76. The molecule has 1 aromatic heterocycles. The van der Waals surface area contributed by atoms with Crippen LogP contribution in [0.1, 0.15) is 24.2 Å². The molecule has 0 unspecified atom stereocenters. The molecule has 0 saturated heterocycles. The number of rotatable bonds is 3. The Morgan fingerprint density at radius 3 is 2.68 bits per heavy atom. The van der Waals surface area contributed by atoms with Crippen LogP contribution >= 0.6 is 0 Å². The summed E-state index contributed by atoms with van der Waals surface area (Å²) in [4.78, 5) is 8.67. The molecule has 0 fully saturated rings. The normalized spacial score (nSPS) is 12.3. The molecule has 1 aromatic carbocycles. The second-order valence-corrected chi connectivity index (χ2v) is 4.37. The smallest absolute Gasteiger partial charge is 0.165 e. The monoisotopic (exact) mass is 261 g/mol. The van der Waals surface area contributed by atoms with Gasteiger partial charge in [-0.25, -0.2) is 14.4 Å². The molecule has 4 nitrogen and oxygen atoms in total. The van der Waals surface area contributed by atoms with Crippen molar-refractivity contribution in [2.45, 2.75) is 19.9 Å². The summed E-state index contributed by atoms with van der Waals surface area (Å²) < 4.78 is 18.3. The average Bonchev–Trinajstić information content (AvgIpc) is 2.38. The van der Waals surface area contributed by atoms with Crippen LogP contribution < -0.4 is 10.5 Å². The van der Waals surface area contributed by atoms with Gasteiger partial charge in [-0.1, -0.05) is 0 Å². The molecule has 100 valence electrons. The number of methoxy groups -OCH3 is 1. The molecule has 1 atom stereocenters. The summed E-state index contributed by atoms with van der Waals surface area (Å²) in [7, 11) is 1.42. The van der Waals surface area contributed by atoms with Crippen LogP contribution in [0.2, 0.25) is 0 Å². The van der Waals surface area contributed by atoms with Gasteiger partial charge in [-0.3, -0.25) is 0 Å². The molecule has 0 amide bonds. The summed E-state index contributed by atoms with van der Waals surface area (Å²) in [6, 6.07) is 4.43. The van der Waals surface area contributed by atoms with Crippen molar-refractivity contribution in [3.63, 3.8) is 0 Å². The van der Waals surface area contributed by atoms with Gasteiger partial charge in [0.25, 0.3) is 0 Å². The summed E-state index contributed by atoms with van der Waals surface area (Å²) in [5, 5.41) is 0. The number of nitrogens with two attached hydrogens (primary N) is 1. The molecule has 2 rings (SSSR count). The van der Waals surface area contributed by atoms with Gasteiger partial charge in [0.2, 0.25) is 0 Å². The van der Waals surface area contributed by atoms with Gasteiger partial charge in [0, 0.05) is 29.1 Å². The molecule has 0 aliphatic heterocycles. The van der Waals surface area contributed by atoms with Gasteiger partial charge in [-0.05, 0) is 32.0 Å². The van der Waals surface area contributed by atoms with Crippen LogP contribution in [0.5, 0.6) is 5.75 Å². The van der Waals surface area contributed by atoms with Crippen LogP contribution in [-0.4, -0.2) is 17.1 Å². The molecule has 19 heavy (non-hydrogen) atoms. The molecule has 0 spiro atoms. The van der Waals surface area contributed by atoms with Gasteiger partial charge in [0.1, 0.15) is 0 Å². The van der Waals surface area contributed by atoms with E-state index in [1.54, 1.807) is 18.3 Å². The Hall–Kier alpha value is -2.01. The van der Waals surface area contributed by atoms with Crippen LogP contribution in [0.4, 0.5) is 4.39 Å². The Labute approximate surface area is 111 Å². The largest absolute Gasteiger partial charge is 0.494 e. The average molecular weight is 261 g/mol. The van der Waals surface area contributed by atoms with E-state index in [-0.39, 0.29) is 11.8 Å². The van der Waals surface area contributed by atoms with Crippen LogP contribution in [-0.2, 0) is 0 Å². The third kappa shape index (κ3) is 2.71. The number of aromatic nitrogens is 2. The first-order valence-electron chi connectivity index (χ1n) is 5.96. The zero-order chi connectivity index (χ0) is 14.0. The molecule has 0 bridgehead atoms. The Morgan fingerprint density at radius 1 is 1.37 bits per heavy atom. The van der Waals surface area contributed by atoms with Crippen LogP contribution in [0.25, 0.3) is 11.4 Å². The topological polar surface area (TPSA) is 61.0 Å². The van der Waals surface area contributed by atoms with Crippen molar-refractivity contribution in [3.05, 3.63) is 41.5 Å². The van der Waals surface area contributed by atoms with E-state index in [2.05, 4.69) is 9.97 Å². The van der Waals surface area contributed by atoms with E-state index in [1.165, 1.54) is 13.2 Å². The fourth-order valence-electron chi connectivity index (χ4n) is 1.86. The number of nitrogens with zero attached hydrogens (tertiary/aromatic N) is 2. The Bertz CT molecular complexity index is 599. The Morgan fingerprint density at radius 2 is 2.11 bits per heavy atom. The van der Waals surface area contributed by atoms with Crippen molar-refractivity contribution in [1.82, 2.24) is 9.97 Å². The van der Waals surface area contributed by atoms with Gasteiger partial charge < -0.3 is 10.5 Å². The summed E-state index contributed by atoms with van der Waals surface area (Å²) in [6.07, 6.45) is 1.71. The minimum absolute atomic E-state index is 0.114. The van der Waals surface area contributed by atoms with E-state index in [0.29, 0.717) is 11.4 Å². The maximum atomic E-state index is 13.4. The molecule has 2 aromatic rings. The number of aryl methyl sites for hydroxylation is 1. The molecule has 0 aliphatic rings. The quantitative estimate of drug-likeness (QED) is 0.922. The number of halogens is 1. The first-order chi connectivity index (χ1) is 9.02. The lowest BCUT2D eigenvalue weighted by Gasteiger charge is -2.10. The van der Waals surface area contributed by atoms with Crippen molar-refractivity contribution in [1.29, 1.82) is 0 Å². The summed E-state index contributed by atoms with van der Waals surface area (Å²) in [5.74, 6) is 0.297. The summed E-state index contributed by atoms with van der Waals surface area (Å²) >= 11 is 0. The highest BCUT2D eigenvalue weighted by Gasteiger charge is 2.10. The maximum Gasteiger partial charge on any atom is 0.165 e. The third-order valence-electron chi connectivity index (χ3n) is 2.92. The SMILES string of the molecule is COc1cc(-c2ncc([C@H](C)N)c(C)n2)ccc1F. The summed E-state index contributed by atoms with van der Waals surface area (Å²) in [5.41, 5.74) is 8.25. The van der Waals surface area contributed by atoms with Gasteiger partial charge in [-0.15, -0.1) is 0 Å². The molecule has 0 aliphatic carbocycles. The summed E-state index contributed by atoms with van der Waals surface area (Å²) in [6.45, 7) is 3.76. The van der Waals surface area contributed by atoms with Crippen molar-refractivity contribution in [3.8, 4) is 17.1 Å². The lowest BCUT2D eigenvalue weighted by atomic mass is 10.1. The van der Waals surface area contributed by atoms with Gasteiger partial charge in [-0.2, -0.15) is 0 Å². The predicted molar refractivity (Wildman–Crippen MR) is 71.3 cm³/mol. The van der Waals surface area contributed by atoms with Crippen molar-refractivity contribution >= 4 is 0 Å². The minimum Gasteiger partial charge on any atom is -0.494 e. The zero-order valence-corrected chi connectivity index (χ0v) is 11.1. The van der Waals surface area contributed by atoms with E-state index in [9.17, 15) is 4.39 Å². The van der Waals surface area contributed by atoms with Crippen molar-refractivity contribution < 1.29 is 9.13 Å². The van der Waals surface area contributed by atoms with Crippen LogP contribution in [0, 0.1) is 12.7 Å². The number of ether oxygens (including phenoxy) is 1. The van der Waals surface area contributed by atoms with E-state index >= 15 is 0 Å². The second-order valence-electron chi connectivity index (χ2n) is 4.37. The molecule has 5 heteroatoms. The van der Waals surface area contributed by atoms with Gasteiger partial charge in [0.05, 0.1) is 7.11 Å². The predicted octanol–water partition coefficient (Wildman–Crippen LogP) is 2.62. The highest BCUT2D eigenvalue weighted by molar-refractivity contribution is 5.58. The second kappa shape index (κ2) is 5.32. The first-order valence-corrected chi connectivity index (χ1v) is 5.96. The lowest BCUT2D eigenvalue weighted by Crippen LogP contribution is -2.09. The zero-order valence-electron chi connectivity index (χ0n) is 11.1. The fraction of sp³-hybridized carbons (Fsp3) is 0.286. The highest BCUT2D eigenvalue weighted by Crippen LogP contribution is 2.25. The maximum absolute atomic E-state index is 13.4. The lowest BCUT2D eigenvalue weighted by molar-refractivity contribution is 0.386. The molecule has 1 heterocycles. The van der Waals surface area contributed by atoms with E-state index < -0.39 is 5.82 Å². The van der Waals surface area contributed by atoms with Gasteiger partial charge >= 0.3 is 0 Å². The van der Waals surface area contributed by atoms with Crippen molar-refractivity contribution in [2.75, 3.05) is 7.11 Å². The number of hydrogen-bond donors (Lipinski definition) is 1. The third-order valence-corrected chi connectivity index (χ3v) is 2.92. The standard InChI is InChI=1S/C14H16FN3O/c1-8(16)11-7-17-14(18-9(11)2)10-4-5-12(15)13(6-10)19-3/h4-8H,16H2,1-3H3/t8-/m0/s1. The molecule has 0 saturated carbocycles. The van der Waals surface area contributed by atoms with Gasteiger partial charge in [0.15, 0.2) is 17.4 Å². The molecule has 0 radical (unpaired) electrons. The molecule has 2 N–H and O–H groups in total. The molecular weight excluding hydrogens is 245 g/mol. The van der Waals surface area contributed by atoms with E-state index in [0.717, 1.165) is 11.3 Å².